The first-order valence-corrected chi connectivity index (χ1v) is 7.84. The molecule has 2 nitrogen and oxygen atoms in total. The quantitative estimate of drug-likeness (QED) is 0.750. The fraction of sp³-hybridized carbons (Fsp3) is 0.294. The van der Waals surface area contributed by atoms with Crippen LogP contribution in [0.3, 0.4) is 0 Å². The Kier molecular flexibility index (Phi) is 6.21. The van der Waals surface area contributed by atoms with Gasteiger partial charge in [-0.2, -0.15) is 0 Å². The van der Waals surface area contributed by atoms with Gasteiger partial charge in [0.2, 0.25) is 0 Å². The van der Waals surface area contributed by atoms with Crippen LogP contribution in [-0.2, 0) is 13.0 Å². The Bertz CT molecular complexity index is 572. The van der Waals surface area contributed by atoms with Crippen molar-refractivity contribution in [1.82, 2.24) is 5.32 Å². The van der Waals surface area contributed by atoms with Crippen molar-refractivity contribution in [3.05, 3.63) is 63.9 Å². The highest BCUT2D eigenvalue weighted by molar-refractivity contribution is 9.10. The largest absolute Gasteiger partial charge is 0.488 e. The summed E-state index contributed by atoms with van der Waals surface area (Å²) in [5, 5.41) is 3.31. The highest BCUT2D eigenvalue weighted by Gasteiger charge is 2.03. The fourth-order valence-corrected chi connectivity index (χ4v) is 2.43. The minimum Gasteiger partial charge on any atom is -0.488 e. The van der Waals surface area contributed by atoms with Crippen molar-refractivity contribution in [2.75, 3.05) is 13.1 Å². The molecule has 0 aliphatic heterocycles. The van der Waals surface area contributed by atoms with Gasteiger partial charge in [0.1, 0.15) is 18.2 Å². The fourth-order valence-electron chi connectivity index (χ4n) is 1.97. The van der Waals surface area contributed by atoms with E-state index in [1.165, 1.54) is 17.7 Å². The Labute approximate surface area is 133 Å². The zero-order valence-corrected chi connectivity index (χ0v) is 13.6. The number of halogens is 2. The molecule has 1 N–H and O–H groups in total. The van der Waals surface area contributed by atoms with E-state index in [1.807, 2.05) is 0 Å². The Hall–Kier alpha value is -1.39. The molecule has 0 aliphatic rings. The predicted octanol–water partition coefficient (Wildman–Crippen LogP) is 4.32. The molecule has 4 heteroatoms. The summed E-state index contributed by atoms with van der Waals surface area (Å²) in [4.78, 5) is 0. The predicted molar refractivity (Wildman–Crippen MR) is 87.1 cm³/mol. The number of rotatable bonds is 7. The van der Waals surface area contributed by atoms with Gasteiger partial charge in [0.05, 0.1) is 4.47 Å². The van der Waals surface area contributed by atoms with E-state index < -0.39 is 0 Å². The maximum atomic E-state index is 13.0. The summed E-state index contributed by atoms with van der Waals surface area (Å²) in [7, 11) is 0. The molecule has 0 radical (unpaired) electrons. The molecular weight excluding hydrogens is 333 g/mol. The molecular formula is C17H19BrFNO. The number of ether oxygens (including phenoxy) is 1. The second kappa shape index (κ2) is 8.15. The van der Waals surface area contributed by atoms with Gasteiger partial charge in [-0.3, -0.25) is 0 Å². The van der Waals surface area contributed by atoms with Gasteiger partial charge < -0.3 is 10.1 Å². The van der Waals surface area contributed by atoms with E-state index in [2.05, 4.69) is 52.4 Å². The lowest BCUT2D eigenvalue weighted by Crippen LogP contribution is -2.15. The Balaban J connectivity index is 1.88. The average Bonchev–Trinajstić information content (AvgIpc) is 2.48. The van der Waals surface area contributed by atoms with Gasteiger partial charge in [0, 0.05) is 0 Å². The highest BCUT2D eigenvalue weighted by Crippen LogP contribution is 2.26. The molecule has 2 rings (SSSR count). The maximum Gasteiger partial charge on any atom is 0.134 e. The van der Waals surface area contributed by atoms with E-state index in [9.17, 15) is 4.39 Å². The number of hydrogen-bond acceptors (Lipinski definition) is 2. The van der Waals surface area contributed by atoms with Gasteiger partial charge in [-0.1, -0.05) is 31.2 Å². The second-order valence-electron chi connectivity index (χ2n) is 4.78. The Morgan fingerprint density at radius 3 is 2.48 bits per heavy atom. The third-order valence-electron chi connectivity index (χ3n) is 3.15. The molecule has 2 aromatic rings. The molecule has 0 bridgehead atoms. The Morgan fingerprint density at radius 1 is 1.10 bits per heavy atom. The van der Waals surface area contributed by atoms with Gasteiger partial charge >= 0.3 is 0 Å². The first-order valence-electron chi connectivity index (χ1n) is 7.05. The van der Waals surface area contributed by atoms with Gasteiger partial charge in [-0.05, 0) is 64.8 Å². The minimum atomic E-state index is -0.278. The van der Waals surface area contributed by atoms with Crippen LogP contribution in [0.2, 0.25) is 0 Å². The molecule has 0 saturated carbocycles. The van der Waals surface area contributed by atoms with Crippen molar-refractivity contribution in [3.8, 4) is 5.75 Å². The van der Waals surface area contributed by atoms with Crippen molar-refractivity contribution in [1.29, 1.82) is 0 Å². The third kappa shape index (κ3) is 5.14. The molecule has 0 aliphatic carbocycles. The molecule has 0 saturated heterocycles. The van der Waals surface area contributed by atoms with Crippen molar-refractivity contribution >= 4 is 15.9 Å². The summed E-state index contributed by atoms with van der Waals surface area (Å²) in [5.41, 5.74) is 2.40. The van der Waals surface area contributed by atoms with E-state index >= 15 is 0 Å². The number of benzene rings is 2. The summed E-state index contributed by atoms with van der Waals surface area (Å²) >= 11 is 3.30. The third-order valence-corrected chi connectivity index (χ3v) is 3.77. The normalized spacial score (nSPS) is 10.6. The van der Waals surface area contributed by atoms with Crippen molar-refractivity contribution in [2.45, 2.75) is 20.0 Å². The lowest BCUT2D eigenvalue weighted by Gasteiger charge is -2.09. The topological polar surface area (TPSA) is 21.3 Å². The summed E-state index contributed by atoms with van der Waals surface area (Å²) < 4.78 is 19.3. The molecule has 0 unspecified atom stereocenters. The van der Waals surface area contributed by atoms with E-state index in [-0.39, 0.29) is 5.82 Å². The summed E-state index contributed by atoms with van der Waals surface area (Å²) in [6, 6.07) is 12.8. The van der Waals surface area contributed by atoms with Gasteiger partial charge in [0.15, 0.2) is 0 Å². The van der Waals surface area contributed by atoms with E-state index in [0.717, 1.165) is 25.1 Å². The number of nitrogens with one attached hydrogen (secondary N) is 1. The summed E-state index contributed by atoms with van der Waals surface area (Å²) in [6.45, 7) is 4.57. The van der Waals surface area contributed by atoms with Crippen LogP contribution in [0, 0.1) is 5.82 Å². The van der Waals surface area contributed by atoms with E-state index in [1.54, 1.807) is 6.07 Å². The molecule has 0 heterocycles. The molecule has 0 fully saturated rings. The molecule has 21 heavy (non-hydrogen) atoms. The van der Waals surface area contributed by atoms with Gasteiger partial charge in [0.25, 0.3) is 0 Å². The van der Waals surface area contributed by atoms with Crippen LogP contribution in [0.25, 0.3) is 0 Å². The molecule has 0 atom stereocenters. The standard InChI is InChI=1S/C17H19BrFNO/c1-2-20-10-9-13-3-5-14(6-4-13)12-21-17-8-7-15(19)11-16(17)18/h3-8,11,20H,2,9-10,12H2,1H3. The number of likely N-dealkylation sites (N-methyl/N-ethyl adjacent to an activating group) is 1. The maximum absolute atomic E-state index is 13.0. The number of hydrogen-bond donors (Lipinski definition) is 1. The average molecular weight is 352 g/mol. The first kappa shape index (κ1) is 16.0. The first-order chi connectivity index (χ1) is 10.2. The van der Waals surface area contributed by atoms with Crippen molar-refractivity contribution in [3.63, 3.8) is 0 Å². The van der Waals surface area contributed by atoms with Crippen molar-refractivity contribution < 1.29 is 9.13 Å². The highest BCUT2D eigenvalue weighted by atomic mass is 79.9. The van der Waals surface area contributed by atoms with Crippen LogP contribution in [-0.4, -0.2) is 13.1 Å². The second-order valence-corrected chi connectivity index (χ2v) is 5.64. The summed E-state index contributed by atoms with van der Waals surface area (Å²) in [6.07, 6.45) is 1.03. The van der Waals surface area contributed by atoms with Crippen LogP contribution in [0.4, 0.5) is 4.39 Å². The summed E-state index contributed by atoms with van der Waals surface area (Å²) in [5.74, 6) is 0.367. The Morgan fingerprint density at radius 2 is 1.81 bits per heavy atom. The lowest BCUT2D eigenvalue weighted by molar-refractivity contribution is 0.303. The molecule has 0 spiro atoms. The van der Waals surface area contributed by atoms with Crippen LogP contribution in [0.1, 0.15) is 18.1 Å². The van der Waals surface area contributed by atoms with Crippen LogP contribution >= 0.6 is 15.9 Å². The smallest absolute Gasteiger partial charge is 0.134 e. The molecule has 2 aromatic carbocycles. The van der Waals surface area contributed by atoms with E-state index in [0.29, 0.717) is 16.8 Å². The zero-order chi connectivity index (χ0) is 15.1. The van der Waals surface area contributed by atoms with Gasteiger partial charge in [-0.15, -0.1) is 0 Å². The molecule has 0 amide bonds. The van der Waals surface area contributed by atoms with E-state index in [4.69, 9.17) is 4.74 Å². The zero-order valence-electron chi connectivity index (χ0n) is 12.0. The van der Waals surface area contributed by atoms with Crippen LogP contribution < -0.4 is 10.1 Å². The van der Waals surface area contributed by atoms with Gasteiger partial charge in [-0.25, -0.2) is 4.39 Å². The molecule has 112 valence electrons. The monoisotopic (exact) mass is 351 g/mol. The van der Waals surface area contributed by atoms with Crippen LogP contribution in [0.15, 0.2) is 46.9 Å². The molecule has 0 aromatic heterocycles. The van der Waals surface area contributed by atoms with Crippen molar-refractivity contribution in [2.24, 2.45) is 0 Å². The SMILES string of the molecule is CCNCCc1ccc(COc2ccc(F)cc2Br)cc1. The lowest BCUT2D eigenvalue weighted by atomic mass is 10.1. The van der Waals surface area contributed by atoms with Crippen LogP contribution in [0.5, 0.6) is 5.75 Å². The minimum absolute atomic E-state index is 0.278.